The van der Waals surface area contributed by atoms with Crippen molar-refractivity contribution >= 4 is 15.7 Å². The second kappa shape index (κ2) is 5.17. The number of nitrogens with zero attached hydrogens (tertiary/aromatic N) is 1. The van der Waals surface area contributed by atoms with Crippen LogP contribution in [0.4, 0.5) is 0 Å². The second-order valence-corrected chi connectivity index (χ2v) is 7.67. The molecule has 94 valence electrons. The van der Waals surface area contributed by atoms with Gasteiger partial charge in [0.15, 0.2) is 9.84 Å². The first kappa shape index (κ1) is 13.5. The number of nitrogens with one attached hydrogen (secondary N) is 1. The van der Waals surface area contributed by atoms with Crippen LogP contribution < -0.4 is 5.32 Å². The van der Waals surface area contributed by atoms with Crippen molar-refractivity contribution < 1.29 is 8.42 Å². The summed E-state index contributed by atoms with van der Waals surface area (Å²) in [6, 6.07) is 0. The van der Waals surface area contributed by atoms with E-state index in [4.69, 9.17) is 0 Å². The molecule has 0 bridgehead atoms. The Hall–Kier alpha value is -0.580. The van der Waals surface area contributed by atoms with Gasteiger partial charge in [0.1, 0.15) is 0 Å². The van der Waals surface area contributed by atoms with Crippen LogP contribution in [-0.2, 0) is 9.84 Å². The Labute approximate surface area is 98.5 Å². The zero-order valence-corrected chi connectivity index (χ0v) is 11.2. The predicted octanol–water partition coefficient (Wildman–Crippen LogP) is 1.37. The maximum absolute atomic E-state index is 11.5. The monoisotopic (exact) mass is 246 g/mol. The summed E-state index contributed by atoms with van der Waals surface area (Å²) < 4.78 is 22.3. The van der Waals surface area contributed by atoms with E-state index >= 15 is 0 Å². The van der Waals surface area contributed by atoms with Crippen molar-refractivity contribution in [1.82, 2.24) is 5.32 Å². The largest absolute Gasteiger partial charge is 0.372 e. The maximum atomic E-state index is 11.5. The molecule has 1 rings (SSSR count). The van der Waals surface area contributed by atoms with Gasteiger partial charge in [0.2, 0.25) is 0 Å². The van der Waals surface area contributed by atoms with E-state index in [1.54, 1.807) is 13.8 Å². The molecule has 5 heteroatoms. The first-order valence-electron chi connectivity index (χ1n) is 5.80. The summed E-state index contributed by atoms with van der Waals surface area (Å²) in [5.74, 6) is 0.967. The van der Waals surface area contributed by atoms with Crippen LogP contribution in [0.3, 0.4) is 0 Å². The van der Waals surface area contributed by atoms with Crippen molar-refractivity contribution in [2.45, 2.75) is 44.3 Å². The molecule has 0 radical (unpaired) electrons. The van der Waals surface area contributed by atoms with Crippen molar-refractivity contribution in [3.63, 3.8) is 0 Å². The molecule has 0 amide bonds. The van der Waals surface area contributed by atoms with Crippen molar-refractivity contribution in [3.8, 4) is 0 Å². The number of aliphatic imine (C=N–C) groups is 1. The zero-order chi connectivity index (χ0) is 12.2. The Balaban J connectivity index is 2.53. The first-order valence-corrected chi connectivity index (χ1v) is 7.69. The van der Waals surface area contributed by atoms with Crippen LogP contribution in [0.5, 0.6) is 0 Å². The third kappa shape index (κ3) is 3.77. The number of amidine groups is 1. The van der Waals surface area contributed by atoms with Gasteiger partial charge in [-0.25, -0.2) is 8.42 Å². The average Bonchev–Trinajstić information content (AvgIpc) is 2.41. The second-order valence-electron chi connectivity index (χ2n) is 5.02. The molecule has 16 heavy (non-hydrogen) atoms. The minimum absolute atomic E-state index is 0.435. The van der Waals surface area contributed by atoms with Crippen LogP contribution in [0.25, 0.3) is 0 Å². The number of sulfone groups is 1. The van der Waals surface area contributed by atoms with Gasteiger partial charge in [-0.1, -0.05) is 6.42 Å². The van der Waals surface area contributed by atoms with E-state index in [9.17, 15) is 8.42 Å². The summed E-state index contributed by atoms with van der Waals surface area (Å²) >= 11 is 0. The van der Waals surface area contributed by atoms with Gasteiger partial charge in [0, 0.05) is 25.8 Å². The maximum Gasteiger partial charge on any atom is 0.154 e. The van der Waals surface area contributed by atoms with Crippen molar-refractivity contribution in [1.29, 1.82) is 0 Å². The Morgan fingerprint density at radius 2 is 2.00 bits per heavy atom. The lowest BCUT2D eigenvalue weighted by Gasteiger charge is -2.23. The van der Waals surface area contributed by atoms with Crippen molar-refractivity contribution in [2.75, 3.05) is 19.3 Å². The zero-order valence-electron chi connectivity index (χ0n) is 10.4. The molecule has 0 aromatic rings. The standard InChI is InChI=1S/C11H22N2O2S/c1-11(2,16(3,14)15)9-13-10-7-5-4-6-8-12-10/h4-9H2,1-3H3,(H,12,13). The van der Waals surface area contributed by atoms with Crippen LogP contribution >= 0.6 is 0 Å². The van der Waals surface area contributed by atoms with Crippen LogP contribution in [0.2, 0.25) is 0 Å². The number of hydrogen-bond acceptors (Lipinski definition) is 4. The molecule has 0 saturated heterocycles. The molecular weight excluding hydrogens is 224 g/mol. The fourth-order valence-corrected chi connectivity index (χ4v) is 1.80. The number of hydrogen-bond donors (Lipinski definition) is 1. The third-order valence-electron chi connectivity index (χ3n) is 3.10. The smallest absolute Gasteiger partial charge is 0.154 e. The van der Waals surface area contributed by atoms with Crippen molar-refractivity contribution in [2.24, 2.45) is 4.99 Å². The summed E-state index contributed by atoms with van der Waals surface area (Å²) in [4.78, 5) is 4.42. The molecule has 0 aromatic carbocycles. The van der Waals surface area contributed by atoms with E-state index in [1.807, 2.05) is 0 Å². The highest BCUT2D eigenvalue weighted by Crippen LogP contribution is 2.14. The molecule has 4 nitrogen and oxygen atoms in total. The normalized spacial score (nSPS) is 18.8. The van der Waals surface area contributed by atoms with Gasteiger partial charge in [0.05, 0.1) is 10.6 Å². The topological polar surface area (TPSA) is 58.5 Å². The minimum Gasteiger partial charge on any atom is -0.372 e. The van der Waals surface area contributed by atoms with E-state index < -0.39 is 14.6 Å². The van der Waals surface area contributed by atoms with E-state index in [0.29, 0.717) is 6.54 Å². The predicted molar refractivity (Wildman–Crippen MR) is 67.7 cm³/mol. The highest BCUT2D eigenvalue weighted by atomic mass is 32.2. The fourth-order valence-electron chi connectivity index (χ4n) is 1.46. The highest BCUT2D eigenvalue weighted by Gasteiger charge is 2.30. The summed E-state index contributed by atoms with van der Waals surface area (Å²) in [6.45, 7) is 4.78. The molecule has 0 saturated carbocycles. The van der Waals surface area contributed by atoms with Gasteiger partial charge in [-0.15, -0.1) is 0 Å². The lowest BCUT2D eigenvalue weighted by Crippen LogP contribution is -2.43. The van der Waals surface area contributed by atoms with E-state index in [1.165, 1.54) is 12.7 Å². The lowest BCUT2D eigenvalue weighted by molar-refractivity contribution is 0.545. The van der Waals surface area contributed by atoms with Gasteiger partial charge in [0.25, 0.3) is 0 Å². The average molecular weight is 246 g/mol. The Kier molecular flexibility index (Phi) is 4.35. The molecular formula is C11H22N2O2S. The molecule has 1 heterocycles. The molecule has 0 spiro atoms. The molecule has 0 unspecified atom stereocenters. The SMILES string of the molecule is CC(C)(CNC1=NCCCCC1)S(C)(=O)=O. The Morgan fingerprint density at radius 3 is 2.62 bits per heavy atom. The molecule has 1 aliphatic rings. The van der Waals surface area contributed by atoms with E-state index in [-0.39, 0.29) is 0 Å². The minimum atomic E-state index is -3.03. The van der Waals surface area contributed by atoms with Gasteiger partial charge in [-0.05, 0) is 26.7 Å². The molecule has 0 fully saturated rings. The fraction of sp³-hybridized carbons (Fsp3) is 0.909. The quantitative estimate of drug-likeness (QED) is 0.818. The van der Waals surface area contributed by atoms with Gasteiger partial charge in [-0.3, -0.25) is 4.99 Å². The molecule has 0 aromatic heterocycles. The van der Waals surface area contributed by atoms with Gasteiger partial charge >= 0.3 is 0 Å². The number of rotatable bonds is 3. The van der Waals surface area contributed by atoms with Crippen molar-refractivity contribution in [3.05, 3.63) is 0 Å². The summed E-state index contributed by atoms with van der Waals surface area (Å²) in [7, 11) is -3.03. The molecule has 0 aliphatic carbocycles. The van der Waals surface area contributed by atoms with Crippen LogP contribution in [0.15, 0.2) is 4.99 Å². The summed E-state index contributed by atoms with van der Waals surface area (Å²) in [6.07, 6.45) is 5.72. The van der Waals surface area contributed by atoms with E-state index in [0.717, 1.165) is 31.6 Å². The van der Waals surface area contributed by atoms with Crippen LogP contribution in [0, 0.1) is 0 Å². The third-order valence-corrected chi connectivity index (χ3v) is 5.25. The molecule has 1 aliphatic heterocycles. The molecule has 0 atom stereocenters. The Morgan fingerprint density at radius 1 is 1.31 bits per heavy atom. The first-order chi connectivity index (χ1) is 7.33. The lowest BCUT2D eigenvalue weighted by atomic mass is 10.2. The summed E-state index contributed by atoms with van der Waals surface area (Å²) in [5, 5.41) is 3.18. The molecule has 1 N–H and O–H groups in total. The summed E-state index contributed by atoms with van der Waals surface area (Å²) in [5.41, 5.74) is 0. The highest BCUT2D eigenvalue weighted by molar-refractivity contribution is 7.92. The van der Waals surface area contributed by atoms with Gasteiger partial charge in [-0.2, -0.15) is 0 Å². The van der Waals surface area contributed by atoms with Gasteiger partial charge < -0.3 is 5.32 Å². The van der Waals surface area contributed by atoms with Crippen LogP contribution in [0.1, 0.15) is 39.5 Å². The van der Waals surface area contributed by atoms with E-state index in [2.05, 4.69) is 10.3 Å². The Bertz CT molecular complexity index is 358. The van der Waals surface area contributed by atoms with Crippen LogP contribution in [-0.4, -0.2) is 38.3 Å².